The minimum Gasteiger partial charge on any atom is -0.494 e. The lowest BCUT2D eigenvalue weighted by molar-refractivity contribution is -0.144. The second-order valence-electron chi connectivity index (χ2n) is 3.28. The molecule has 0 bridgehead atoms. The molecule has 0 saturated heterocycles. The van der Waals surface area contributed by atoms with Crippen LogP contribution in [-0.2, 0) is 16.1 Å². The molecule has 0 radical (unpaired) electrons. The van der Waals surface area contributed by atoms with Gasteiger partial charge in [0, 0.05) is 18.2 Å². The average Bonchev–Trinajstić information content (AvgIpc) is 2.30. The number of carbonyl (C=O) groups excluding carboxylic acids is 1. The fourth-order valence-corrected chi connectivity index (χ4v) is 1.19. The number of hydrogen-bond acceptors (Lipinski definition) is 4. The second kappa shape index (κ2) is 6.15. The molecular weight excluding hydrogens is 232 g/mol. The van der Waals surface area contributed by atoms with Crippen molar-refractivity contribution in [3.63, 3.8) is 0 Å². The number of nitrogens with two attached hydrogens (primary N) is 1. The van der Waals surface area contributed by atoms with Crippen LogP contribution >= 0.6 is 0 Å². The van der Waals surface area contributed by atoms with Gasteiger partial charge in [-0.3, -0.25) is 4.79 Å². The van der Waals surface area contributed by atoms with Crippen LogP contribution in [0.15, 0.2) is 12.1 Å². The van der Waals surface area contributed by atoms with Crippen molar-refractivity contribution in [2.45, 2.75) is 13.0 Å². The second-order valence-corrected chi connectivity index (χ2v) is 3.28. The zero-order chi connectivity index (χ0) is 12.8. The molecule has 1 rings (SSSR count). The van der Waals surface area contributed by atoms with E-state index in [0.29, 0.717) is 0 Å². The molecule has 0 aliphatic heterocycles. The molecule has 0 aliphatic carbocycles. The number of benzene rings is 1. The standard InChI is InChI=1S/C11H13F2NO3/c1-16-10-5-8(12)7(4-9(10)13)6-17-11(15)2-3-14/h4-5H,2-3,6,14H2,1H3. The first-order chi connectivity index (χ1) is 8.08. The fourth-order valence-electron chi connectivity index (χ4n) is 1.19. The fraction of sp³-hybridized carbons (Fsp3) is 0.364. The van der Waals surface area contributed by atoms with E-state index >= 15 is 0 Å². The van der Waals surface area contributed by atoms with Crippen LogP contribution in [0, 0.1) is 11.6 Å². The SMILES string of the molecule is COc1cc(F)c(COC(=O)CCN)cc1F. The van der Waals surface area contributed by atoms with Gasteiger partial charge in [0.05, 0.1) is 13.5 Å². The van der Waals surface area contributed by atoms with Gasteiger partial charge in [-0.2, -0.15) is 0 Å². The minimum atomic E-state index is -0.709. The highest BCUT2D eigenvalue weighted by Gasteiger charge is 2.12. The highest BCUT2D eigenvalue weighted by Crippen LogP contribution is 2.21. The number of hydrogen-bond donors (Lipinski definition) is 1. The molecule has 1 aromatic rings. The predicted octanol–water partition coefficient (Wildman–Crippen LogP) is 1.37. The Labute approximate surface area is 97.3 Å². The number of esters is 1. The summed E-state index contributed by atoms with van der Waals surface area (Å²) in [6.45, 7) is -0.177. The molecule has 0 spiro atoms. The average molecular weight is 245 g/mol. The van der Waals surface area contributed by atoms with E-state index in [-0.39, 0.29) is 30.9 Å². The molecule has 0 aromatic heterocycles. The van der Waals surface area contributed by atoms with Crippen LogP contribution in [0.4, 0.5) is 8.78 Å². The van der Waals surface area contributed by atoms with Gasteiger partial charge in [0.15, 0.2) is 11.6 Å². The third-order valence-electron chi connectivity index (χ3n) is 2.06. The first-order valence-corrected chi connectivity index (χ1v) is 4.96. The Morgan fingerprint density at radius 2 is 2.06 bits per heavy atom. The third kappa shape index (κ3) is 3.67. The summed E-state index contributed by atoms with van der Waals surface area (Å²) in [4.78, 5) is 11.0. The molecular formula is C11H13F2NO3. The molecule has 0 amide bonds. The molecule has 2 N–H and O–H groups in total. The molecule has 94 valence electrons. The molecule has 0 fully saturated rings. The number of halogens is 2. The van der Waals surface area contributed by atoms with Crippen molar-refractivity contribution in [2.24, 2.45) is 5.73 Å². The Hall–Kier alpha value is -1.69. The van der Waals surface area contributed by atoms with Gasteiger partial charge in [-0.05, 0) is 6.07 Å². The van der Waals surface area contributed by atoms with E-state index in [1.165, 1.54) is 7.11 Å². The first kappa shape index (κ1) is 13.4. The molecule has 0 atom stereocenters. The van der Waals surface area contributed by atoms with Crippen molar-refractivity contribution >= 4 is 5.97 Å². The van der Waals surface area contributed by atoms with E-state index in [9.17, 15) is 13.6 Å². The first-order valence-electron chi connectivity index (χ1n) is 4.96. The Morgan fingerprint density at radius 3 is 2.65 bits per heavy atom. The summed E-state index contributed by atoms with van der Waals surface area (Å²) in [5, 5.41) is 0. The van der Waals surface area contributed by atoms with Gasteiger partial charge in [0.25, 0.3) is 0 Å². The van der Waals surface area contributed by atoms with Gasteiger partial charge in [-0.1, -0.05) is 0 Å². The molecule has 0 aliphatic rings. The van der Waals surface area contributed by atoms with E-state index < -0.39 is 17.6 Å². The van der Waals surface area contributed by atoms with Crippen molar-refractivity contribution in [3.05, 3.63) is 29.3 Å². The Kier molecular flexibility index (Phi) is 4.84. The maximum Gasteiger partial charge on any atom is 0.307 e. The van der Waals surface area contributed by atoms with Gasteiger partial charge < -0.3 is 15.2 Å². The summed E-state index contributed by atoms with van der Waals surface area (Å²) in [6.07, 6.45) is 0.0419. The molecule has 1 aromatic carbocycles. The monoisotopic (exact) mass is 245 g/mol. The van der Waals surface area contributed by atoms with Crippen molar-refractivity contribution in [1.29, 1.82) is 0 Å². The maximum absolute atomic E-state index is 13.4. The van der Waals surface area contributed by atoms with E-state index in [2.05, 4.69) is 4.74 Å². The lowest BCUT2D eigenvalue weighted by Crippen LogP contribution is -2.11. The number of ether oxygens (including phenoxy) is 2. The van der Waals surface area contributed by atoms with E-state index in [0.717, 1.165) is 12.1 Å². The van der Waals surface area contributed by atoms with Gasteiger partial charge in [-0.25, -0.2) is 8.78 Å². The summed E-state index contributed by atoms with van der Waals surface area (Å²) in [7, 11) is 1.23. The molecule has 4 nitrogen and oxygen atoms in total. The summed E-state index contributed by atoms with van der Waals surface area (Å²) >= 11 is 0. The zero-order valence-electron chi connectivity index (χ0n) is 9.33. The van der Waals surface area contributed by atoms with Crippen LogP contribution in [0.25, 0.3) is 0 Å². The minimum absolute atomic E-state index is 0.0419. The van der Waals surface area contributed by atoms with Crippen LogP contribution in [0.5, 0.6) is 5.75 Å². The molecule has 0 heterocycles. The molecule has 6 heteroatoms. The van der Waals surface area contributed by atoms with Gasteiger partial charge in [0.1, 0.15) is 12.4 Å². The van der Waals surface area contributed by atoms with Gasteiger partial charge >= 0.3 is 5.97 Å². The lowest BCUT2D eigenvalue weighted by Gasteiger charge is -2.08. The third-order valence-corrected chi connectivity index (χ3v) is 2.06. The highest BCUT2D eigenvalue weighted by atomic mass is 19.1. The molecule has 0 unspecified atom stereocenters. The van der Waals surface area contributed by atoms with Crippen molar-refractivity contribution < 1.29 is 23.0 Å². The van der Waals surface area contributed by atoms with Gasteiger partial charge in [0.2, 0.25) is 0 Å². The van der Waals surface area contributed by atoms with Crippen LogP contribution in [-0.4, -0.2) is 19.6 Å². The zero-order valence-corrected chi connectivity index (χ0v) is 9.33. The quantitative estimate of drug-likeness (QED) is 0.796. The normalized spacial score (nSPS) is 10.1. The number of rotatable bonds is 5. The Morgan fingerprint density at radius 1 is 1.35 bits per heavy atom. The molecule has 17 heavy (non-hydrogen) atoms. The van der Waals surface area contributed by atoms with Crippen LogP contribution in [0.1, 0.15) is 12.0 Å². The van der Waals surface area contributed by atoms with Crippen LogP contribution < -0.4 is 10.5 Å². The van der Waals surface area contributed by atoms with E-state index in [1.54, 1.807) is 0 Å². The summed E-state index contributed by atoms with van der Waals surface area (Å²) < 4.78 is 36.0. The van der Waals surface area contributed by atoms with Crippen LogP contribution in [0.2, 0.25) is 0 Å². The largest absolute Gasteiger partial charge is 0.494 e. The Balaban J connectivity index is 2.72. The van der Waals surface area contributed by atoms with Crippen molar-refractivity contribution in [3.8, 4) is 5.75 Å². The predicted molar refractivity (Wildman–Crippen MR) is 56.4 cm³/mol. The van der Waals surface area contributed by atoms with Crippen LogP contribution in [0.3, 0.4) is 0 Å². The van der Waals surface area contributed by atoms with E-state index in [1.807, 2.05) is 0 Å². The highest BCUT2D eigenvalue weighted by molar-refractivity contribution is 5.69. The van der Waals surface area contributed by atoms with Gasteiger partial charge in [-0.15, -0.1) is 0 Å². The topological polar surface area (TPSA) is 61.5 Å². The molecule has 0 saturated carbocycles. The smallest absolute Gasteiger partial charge is 0.307 e. The summed E-state index contributed by atoms with van der Waals surface area (Å²) in [5.41, 5.74) is 5.09. The van der Waals surface area contributed by atoms with Crippen molar-refractivity contribution in [2.75, 3.05) is 13.7 Å². The Bertz CT molecular complexity index is 410. The summed E-state index contributed by atoms with van der Waals surface area (Å²) in [5.74, 6) is -2.15. The lowest BCUT2D eigenvalue weighted by atomic mass is 10.2. The van der Waals surface area contributed by atoms with Crippen molar-refractivity contribution in [1.82, 2.24) is 0 Å². The number of methoxy groups -OCH3 is 1. The summed E-state index contributed by atoms with van der Waals surface area (Å²) in [6, 6.07) is 1.84. The maximum atomic E-state index is 13.4. The number of carbonyl (C=O) groups is 1. The van der Waals surface area contributed by atoms with E-state index in [4.69, 9.17) is 10.5 Å².